The Kier molecular flexibility index (Phi) is 29.4. The molecule has 102 heavy (non-hydrogen) atoms. The molecule has 4 nitrogen and oxygen atoms in total. The molecule has 14 rings (SSSR count). The van der Waals surface area contributed by atoms with Crippen molar-refractivity contribution in [3.63, 3.8) is 0 Å². The minimum absolute atomic E-state index is 0.0870. The van der Waals surface area contributed by atoms with E-state index in [4.69, 9.17) is 33.2 Å². The van der Waals surface area contributed by atoms with Gasteiger partial charge in [0.25, 0.3) is 0 Å². The Morgan fingerprint density at radius 3 is 0.922 bits per heavy atom. The molecule has 0 amide bonds. The summed E-state index contributed by atoms with van der Waals surface area (Å²) in [7, 11) is -1.34. The van der Waals surface area contributed by atoms with Gasteiger partial charge in [0.2, 0.25) is 6.36 Å². The van der Waals surface area contributed by atoms with Crippen LogP contribution in [0.4, 0.5) is 13.2 Å². The highest BCUT2D eigenvalue weighted by Crippen LogP contribution is 2.38. The maximum atomic E-state index is 13.1. The second-order valence-corrected chi connectivity index (χ2v) is 30.8. The van der Waals surface area contributed by atoms with E-state index in [0.717, 1.165) is 33.1 Å². The molecule has 0 aliphatic rings. The van der Waals surface area contributed by atoms with Gasteiger partial charge in [-0.1, -0.05) is 355 Å². The smallest absolute Gasteiger partial charge is 0.387 e. The average molecular weight is 1500 g/mol. The summed E-state index contributed by atoms with van der Waals surface area (Å²) in [6.07, 6.45) is 0.815. The number of nitriles is 1. The first-order chi connectivity index (χ1) is 50.0. The van der Waals surface area contributed by atoms with E-state index in [1.165, 1.54) is 60.7 Å². The molecule has 0 bridgehead atoms. The Morgan fingerprint density at radius 1 is 0.363 bits per heavy atom. The molecule has 0 N–H and O–H groups in total. The number of rotatable bonds is 18. The second-order valence-electron chi connectivity index (χ2n) is 22.7. The van der Waals surface area contributed by atoms with Gasteiger partial charge in [0.1, 0.15) is 23.3 Å². The highest BCUT2D eigenvalue weighted by atomic mass is 79.9. The van der Waals surface area contributed by atoms with Crippen molar-refractivity contribution in [3.8, 4) is 39.8 Å². The molecule has 0 saturated heterocycles. The highest BCUT2D eigenvalue weighted by molar-refractivity contribution is 9.08. The van der Waals surface area contributed by atoms with Crippen LogP contribution in [0.5, 0.6) is 11.5 Å². The van der Waals surface area contributed by atoms with Gasteiger partial charge in [-0.05, 0) is 160 Å². The van der Waals surface area contributed by atoms with Gasteiger partial charge in [0.05, 0.1) is 0 Å². The predicted octanol–water partition coefficient (Wildman–Crippen LogP) is 21.4. The highest BCUT2D eigenvalue weighted by Gasteiger charge is 2.19. The van der Waals surface area contributed by atoms with Crippen molar-refractivity contribution in [2.75, 3.05) is 0 Å². The van der Waals surface area contributed by atoms with E-state index in [-0.39, 0.29) is 5.75 Å². The van der Waals surface area contributed by atoms with Crippen LogP contribution in [-0.2, 0) is 11.8 Å². The molecule has 0 aliphatic heterocycles. The standard InChI is InChI=1S/C20H13ClF2N2O.3C18H15P.C15H13BrClFO/c21-16-3-1-2-15(10-16)18-9-13(5-7-19(18)26-20(22)23)8-14-4-6-17(11-24)25-12-14;3*1-4-10-16(11-5-1)19(17-12-6-2-7-13-17)18-14-8-3-9-15-18;1-10(18)19-15-6-5-11(9-16)7-14(15)12-3-2-4-13(17)8-12/h1-7,9-10,12,20H,8H2;3*1-15H;2-8,10H,9H2,1H3. The van der Waals surface area contributed by atoms with Crippen LogP contribution in [0.1, 0.15) is 29.3 Å². The number of hydrogen-bond acceptors (Lipinski definition) is 4. The molecule has 506 valence electrons. The van der Waals surface area contributed by atoms with Crippen molar-refractivity contribution in [1.82, 2.24) is 4.98 Å². The lowest BCUT2D eigenvalue weighted by Crippen LogP contribution is -2.20. The Labute approximate surface area is 619 Å². The van der Waals surface area contributed by atoms with Crippen LogP contribution in [0.25, 0.3) is 22.3 Å². The maximum absolute atomic E-state index is 13.1. The van der Waals surface area contributed by atoms with Crippen LogP contribution >= 0.6 is 62.9 Å². The third kappa shape index (κ3) is 22.6. The summed E-state index contributed by atoms with van der Waals surface area (Å²) >= 11 is 15.4. The van der Waals surface area contributed by atoms with Crippen molar-refractivity contribution >= 4 is 111 Å². The zero-order valence-corrected chi connectivity index (χ0v) is 61.5. The molecular weight excluding hydrogens is 1430 g/mol. The number of aromatic nitrogens is 1. The van der Waals surface area contributed by atoms with Crippen molar-refractivity contribution in [1.29, 1.82) is 5.26 Å². The molecular formula is C89H71BrCl2F3N2O2P3. The molecule has 13 aromatic carbocycles. The summed E-state index contributed by atoms with van der Waals surface area (Å²) in [5, 5.41) is 23.3. The zero-order valence-electron chi connectivity index (χ0n) is 55.7. The fourth-order valence-corrected chi connectivity index (χ4v) is 18.6. The monoisotopic (exact) mass is 1500 g/mol. The van der Waals surface area contributed by atoms with Gasteiger partial charge in [-0.15, -0.1) is 0 Å². The minimum Gasteiger partial charge on any atom is -0.460 e. The topological polar surface area (TPSA) is 55.1 Å². The fraction of sp³-hybridized carbons (Fsp3) is 0.0562. The van der Waals surface area contributed by atoms with Gasteiger partial charge in [0, 0.05) is 39.6 Å². The van der Waals surface area contributed by atoms with Crippen LogP contribution in [0.3, 0.4) is 0 Å². The molecule has 0 aliphatic carbocycles. The fourth-order valence-electron chi connectivity index (χ4n) is 11.0. The summed E-state index contributed by atoms with van der Waals surface area (Å²) in [5.41, 5.74) is 6.20. The van der Waals surface area contributed by atoms with E-state index < -0.39 is 36.7 Å². The summed E-state index contributed by atoms with van der Waals surface area (Å²) < 4.78 is 48.4. The third-order valence-corrected chi connectivity index (χ3v) is 23.9. The van der Waals surface area contributed by atoms with Crippen LogP contribution in [-0.4, -0.2) is 18.0 Å². The SMILES string of the molecule is CC(F)Oc1ccc(CBr)cc1-c1cccc(Cl)c1.N#Cc1ccc(Cc2ccc(OC(F)F)c(-c3cccc(Cl)c3)c2)cn1.c1ccc(P(c2ccccc2)c2ccccc2)cc1.c1ccc(P(c2ccccc2)c2ccccc2)cc1.c1ccc(P(c2ccccc2)c2ccccc2)cc1. The van der Waals surface area contributed by atoms with Crippen molar-refractivity contribution in [2.24, 2.45) is 0 Å². The van der Waals surface area contributed by atoms with Gasteiger partial charge < -0.3 is 9.47 Å². The third-order valence-electron chi connectivity index (χ3n) is 15.5. The van der Waals surface area contributed by atoms with E-state index in [2.05, 4.69) is 299 Å². The number of pyridine rings is 1. The lowest BCUT2D eigenvalue weighted by Gasteiger charge is -2.18. The quantitative estimate of drug-likeness (QED) is 0.0635. The molecule has 0 spiro atoms. The predicted molar refractivity (Wildman–Crippen MR) is 431 cm³/mol. The molecule has 13 heteroatoms. The first kappa shape index (κ1) is 74.9. The van der Waals surface area contributed by atoms with Crippen LogP contribution in [0.2, 0.25) is 10.0 Å². The number of halogens is 6. The molecule has 0 radical (unpaired) electrons. The van der Waals surface area contributed by atoms with E-state index in [9.17, 15) is 13.2 Å². The molecule has 1 aromatic heterocycles. The first-order valence-corrected chi connectivity index (χ1v) is 38.7. The van der Waals surface area contributed by atoms with Crippen LogP contribution < -0.4 is 57.2 Å². The van der Waals surface area contributed by atoms with Gasteiger partial charge in [0.15, 0.2) is 0 Å². The first-order valence-electron chi connectivity index (χ1n) is 32.8. The summed E-state index contributed by atoms with van der Waals surface area (Å²) in [6.45, 7) is -1.55. The largest absolute Gasteiger partial charge is 0.460 e. The summed E-state index contributed by atoms with van der Waals surface area (Å²) in [5.74, 6) is 0.603. The van der Waals surface area contributed by atoms with Gasteiger partial charge in [-0.25, -0.2) is 9.37 Å². The number of nitrogens with zero attached hydrogens (tertiary/aromatic N) is 2. The second kappa shape index (κ2) is 40.0. The molecule has 14 aromatic rings. The molecule has 1 unspecified atom stereocenters. The lowest BCUT2D eigenvalue weighted by molar-refractivity contribution is -0.0494. The van der Waals surface area contributed by atoms with E-state index in [1.807, 2.05) is 42.5 Å². The number of ether oxygens (including phenoxy) is 2. The van der Waals surface area contributed by atoms with Crippen molar-refractivity contribution in [2.45, 2.75) is 31.6 Å². The van der Waals surface area contributed by atoms with Gasteiger partial charge in [-0.3, -0.25) is 0 Å². The number of benzene rings is 13. The summed E-state index contributed by atoms with van der Waals surface area (Å²) in [4.78, 5) is 4.04. The Balaban J connectivity index is 0.000000138. The normalized spacial score (nSPS) is 10.9. The number of alkyl halides is 4. The Bertz CT molecular complexity index is 4250. The molecule has 1 heterocycles. The van der Waals surface area contributed by atoms with Gasteiger partial charge >= 0.3 is 6.61 Å². The van der Waals surface area contributed by atoms with E-state index >= 15 is 0 Å². The maximum Gasteiger partial charge on any atom is 0.387 e. The van der Waals surface area contributed by atoms with E-state index in [0.29, 0.717) is 39.0 Å². The average Bonchev–Trinajstić information content (AvgIpc) is 0.850. The molecule has 0 fully saturated rings. The van der Waals surface area contributed by atoms with Crippen molar-refractivity contribution in [3.05, 3.63) is 409 Å². The van der Waals surface area contributed by atoms with Crippen LogP contribution in [0.15, 0.2) is 376 Å². The Morgan fingerprint density at radius 2 is 0.657 bits per heavy atom. The van der Waals surface area contributed by atoms with E-state index in [1.54, 1.807) is 60.8 Å². The molecule has 1 atom stereocenters. The lowest BCUT2D eigenvalue weighted by atomic mass is 9.98. The van der Waals surface area contributed by atoms with Crippen molar-refractivity contribution < 1.29 is 22.6 Å². The minimum atomic E-state index is -2.92. The summed E-state index contributed by atoms with van der Waals surface area (Å²) in [6, 6.07) is 127. The molecule has 0 saturated carbocycles. The number of hydrogen-bond donors (Lipinski definition) is 0. The Hall–Kier alpha value is -9.76. The van der Waals surface area contributed by atoms with Gasteiger partial charge in [-0.2, -0.15) is 14.0 Å². The zero-order chi connectivity index (χ0) is 71.1. The van der Waals surface area contributed by atoms with Crippen LogP contribution in [0, 0.1) is 11.3 Å².